The minimum atomic E-state index is -0.378. The van der Waals surface area contributed by atoms with Crippen molar-refractivity contribution in [1.29, 1.82) is 0 Å². The molecule has 3 N–H and O–H groups in total. The fourth-order valence-electron chi connectivity index (χ4n) is 3.53. The number of methoxy groups -OCH3 is 1. The van der Waals surface area contributed by atoms with Crippen molar-refractivity contribution in [3.63, 3.8) is 0 Å². The Morgan fingerprint density at radius 3 is 2.58 bits per heavy atom. The van der Waals surface area contributed by atoms with Gasteiger partial charge in [0.2, 0.25) is 0 Å². The second kappa shape index (κ2) is 11.2. The number of nitrogens with one attached hydrogen (secondary N) is 3. The molecule has 1 saturated heterocycles. The summed E-state index contributed by atoms with van der Waals surface area (Å²) in [6.07, 6.45) is 2.19. The lowest BCUT2D eigenvalue weighted by molar-refractivity contribution is 0.0937. The van der Waals surface area contributed by atoms with E-state index in [1.54, 1.807) is 19.2 Å². The van der Waals surface area contributed by atoms with E-state index in [-0.39, 0.29) is 11.9 Å². The third kappa shape index (κ3) is 6.45. The van der Waals surface area contributed by atoms with Crippen LogP contribution in [-0.2, 0) is 4.74 Å². The zero-order valence-corrected chi connectivity index (χ0v) is 19.5. The van der Waals surface area contributed by atoms with Gasteiger partial charge in [0, 0.05) is 42.6 Å². The molecule has 1 heterocycles. The Labute approximate surface area is 191 Å². The molecule has 2 aromatic rings. The van der Waals surface area contributed by atoms with Crippen LogP contribution in [0.25, 0.3) is 0 Å². The predicted octanol–water partition coefficient (Wildman–Crippen LogP) is 4.71. The molecule has 0 aliphatic carbocycles. The molecular weight excluding hydrogens is 460 g/mol. The molecule has 1 aliphatic rings. The summed E-state index contributed by atoms with van der Waals surface area (Å²) in [6.45, 7) is 4.94. The number of benzene rings is 2. The van der Waals surface area contributed by atoms with Crippen LogP contribution in [0, 0.1) is 5.92 Å². The van der Waals surface area contributed by atoms with E-state index in [0.29, 0.717) is 36.0 Å². The van der Waals surface area contributed by atoms with Crippen LogP contribution in [0.5, 0.6) is 0 Å². The summed E-state index contributed by atoms with van der Waals surface area (Å²) in [5.41, 5.74) is 2.65. The number of nitrogens with zero attached hydrogens (tertiary/aromatic N) is 1. The molecule has 0 aromatic heterocycles. The maximum Gasteiger partial charge on any atom is 0.323 e. The number of halogens is 1. The van der Waals surface area contributed by atoms with E-state index < -0.39 is 0 Å². The van der Waals surface area contributed by atoms with Crippen molar-refractivity contribution in [2.45, 2.75) is 19.8 Å². The second-order valence-electron chi connectivity index (χ2n) is 7.71. The van der Waals surface area contributed by atoms with Crippen molar-refractivity contribution in [2.75, 3.05) is 48.9 Å². The van der Waals surface area contributed by atoms with Gasteiger partial charge in [-0.3, -0.25) is 4.79 Å². The second-order valence-corrected chi connectivity index (χ2v) is 8.56. The molecule has 1 aliphatic heterocycles. The number of ether oxygens (including phenoxy) is 1. The van der Waals surface area contributed by atoms with Gasteiger partial charge in [-0.2, -0.15) is 0 Å². The summed E-state index contributed by atoms with van der Waals surface area (Å²) < 4.78 is 5.82. The first-order valence-electron chi connectivity index (χ1n) is 10.5. The van der Waals surface area contributed by atoms with Gasteiger partial charge in [-0.15, -0.1) is 0 Å². The van der Waals surface area contributed by atoms with Gasteiger partial charge in [0.25, 0.3) is 5.91 Å². The zero-order chi connectivity index (χ0) is 22.2. The average Bonchev–Trinajstić information content (AvgIpc) is 2.76. The number of carbonyl (C=O) groups excluding carboxylic acids is 2. The van der Waals surface area contributed by atoms with Crippen molar-refractivity contribution in [1.82, 2.24) is 5.32 Å². The Morgan fingerprint density at radius 2 is 1.87 bits per heavy atom. The normalized spacial score (nSPS) is 14.2. The van der Waals surface area contributed by atoms with Gasteiger partial charge in [0.1, 0.15) is 0 Å². The van der Waals surface area contributed by atoms with E-state index in [9.17, 15) is 9.59 Å². The highest BCUT2D eigenvalue weighted by Crippen LogP contribution is 2.29. The third-order valence-electron chi connectivity index (χ3n) is 5.34. The molecule has 0 radical (unpaired) electrons. The van der Waals surface area contributed by atoms with Gasteiger partial charge in [0.15, 0.2) is 0 Å². The molecule has 7 nitrogen and oxygen atoms in total. The minimum Gasteiger partial charge on any atom is -0.383 e. The van der Waals surface area contributed by atoms with Crippen LogP contribution in [0.3, 0.4) is 0 Å². The van der Waals surface area contributed by atoms with Crippen LogP contribution in [0.15, 0.2) is 46.9 Å². The van der Waals surface area contributed by atoms with Crippen LogP contribution in [0.2, 0.25) is 0 Å². The largest absolute Gasteiger partial charge is 0.383 e. The summed E-state index contributed by atoms with van der Waals surface area (Å²) >= 11 is 3.42. The zero-order valence-electron chi connectivity index (χ0n) is 17.9. The van der Waals surface area contributed by atoms with Crippen molar-refractivity contribution >= 4 is 44.9 Å². The summed E-state index contributed by atoms with van der Waals surface area (Å²) in [6, 6.07) is 12.5. The molecule has 3 amide bonds. The van der Waals surface area contributed by atoms with Gasteiger partial charge in [-0.1, -0.05) is 19.1 Å². The number of urea groups is 1. The summed E-state index contributed by atoms with van der Waals surface area (Å²) in [5, 5.41) is 8.52. The summed E-state index contributed by atoms with van der Waals surface area (Å²) in [7, 11) is 1.60. The van der Waals surface area contributed by atoms with Crippen LogP contribution in [0.4, 0.5) is 21.9 Å². The SMILES string of the molecule is COCCNC(=O)c1cc(NC(=O)Nc2ccccc2Br)ccc1N1CCC(C)CC1. The van der Waals surface area contributed by atoms with E-state index in [4.69, 9.17) is 4.74 Å². The fraction of sp³-hybridized carbons (Fsp3) is 0.391. The number of rotatable bonds is 7. The van der Waals surface area contributed by atoms with Gasteiger partial charge in [-0.05, 0) is 65.0 Å². The van der Waals surface area contributed by atoms with Crippen molar-refractivity contribution < 1.29 is 14.3 Å². The van der Waals surface area contributed by atoms with Crippen LogP contribution >= 0.6 is 15.9 Å². The number of amides is 3. The molecule has 0 atom stereocenters. The third-order valence-corrected chi connectivity index (χ3v) is 6.03. The molecule has 1 fully saturated rings. The Bertz CT molecular complexity index is 913. The lowest BCUT2D eigenvalue weighted by Crippen LogP contribution is -2.35. The lowest BCUT2D eigenvalue weighted by atomic mass is 9.98. The first-order valence-corrected chi connectivity index (χ1v) is 11.3. The molecule has 0 bridgehead atoms. The monoisotopic (exact) mass is 488 g/mol. The molecule has 166 valence electrons. The summed E-state index contributed by atoms with van der Waals surface area (Å²) in [4.78, 5) is 27.6. The topological polar surface area (TPSA) is 82.7 Å². The molecular formula is C23H29BrN4O3. The lowest BCUT2D eigenvalue weighted by Gasteiger charge is -2.33. The van der Waals surface area contributed by atoms with Crippen LogP contribution in [-0.4, -0.2) is 45.3 Å². The predicted molar refractivity (Wildman–Crippen MR) is 128 cm³/mol. The van der Waals surface area contributed by atoms with Crippen LogP contribution < -0.4 is 20.9 Å². The van der Waals surface area contributed by atoms with Gasteiger partial charge >= 0.3 is 6.03 Å². The van der Waals surface area contributed by atoms with E-state index in [1.807, 2.05) is 30.3 Å². The van der Waals surface area contributed by atoms with E-state index >= 15 is 0 Å². The summed E-state index contributed by atoms with van der Waals surface area (Å²) in [5.74, 6) is 0.512. The molecule has 2 aromatic carbocycles. The molecule has 31 heavy (non-hydrogen) atoms. The quantitative estimate of drug-likeness (QED) is 0.493. The number of para-hydroxylation sites is 1. The first-order chi connectivity index (χ1) is 15.0. The molecule has 0 spiro atoms. The average molecular weight is 489 g/mol. The van der Waals surface area contributed by atoms with Crippen molar-refractivity contribution in [3.8, 4) is 0 Å². The molecule has 0 saturated carbocycles. The standard InChI is InChI=1S/C23H29BrN4O3/c1-16-9-12-28(13-10-16)21-8-7-17(15-18(21)22(29)25-11-14-31-2)26-23(30)27-20-6-4-3-5-19(20)24/h3-8,15-16H,9-14H2,1-2H3,(H,25,29)(H2,26,27,30). The highest BCUT2D eigenvalue weighted by atomic mass is 79.9. The maximum atomic E-state index is 12.9. The number of piperidine rings is 1. The first kappa shape index (κ1) is 23.1. The van der Waals surface area contributed by atoms with E-state index in [0.717, 1.165) is 36.1 Å². The van der Waals surface area contributed by atoms with Gasteiger partial charge < -0.3 is 25.6 Å². The number of anilines is 3. The molecule has 8 heteroatoms. The Hall–Kier alpha value is -2.58. The number of hydrogen-bond donors (Lipinski definition) is 3. The Balaban J connectivity index is 1.77. The van der Waals surface area contributed by atoms with Crippen molar-refractivity contribution in [3.05, 3.63) is 52.5 Å². The fourth-order valence-corrected chi connectivity index (χ4v) is 3.91. The highest BCUT2D eigenvalue weighted by molar-refractivity contribution is 9.10. The van der Waals surface area contributed by atoms with E-state index in [2.05, 4.69) is 43.7 Å². The maximum absolute atomic E-state index is 12.9. The number of carbonyl (C=O) groups is 2. The Morgan fingerprint density at radius 1 is 1.13 bits per heavy atom. The highest BCUT2D eigenvalue weighted by Gasteiger charge is 2.22. The van der Waals surface area contributed by atoms with Gasteiger partial charge in [-0.25, -0.2) is 4.79 Å². The van der Waals surface area contributed by atoms with Crippen molar-refractivity contribution in [2.24, 2.45) is 5.92 Å². The minimum absolute atomic E-state index is 0.180. The van der Waals surface area contributed by atoms with Gasteiger partial charge in [0.05, 0.1) is 17.9 Å². The smallest absolute Gasteiger partial charge is 0.323 e. The number of hydrogen-bond acceptors (Lipinski definition) is 4. The molecule has 3 rings (SSSR count). The Kier molecular flexibility index (Phi) is 8.31. The molecule has 0 unspecified atom stereocenters. The van der Waals surface area contributed by atoms with E-state index in [1.165, 1.54) is 0 Å². The van der Waals surface area contributed by atoms with Crippen LogP contribution in [0.1, 0.15) is 30.1 Å².